The predicted octanol–water partition coefficient (Wildman–Crippen LogP) is 0.714. The van der Waals surface area contributed by atoms with Crippen molar-refractivity contribution in [1.29, 1.82) is 0 Å². The van der Waals surface area contributed by atoms with Gasteiger partial charge in [0.15, 0.2) is 0 Å². The van der Waals surface area contributed by atoms with Crippen LogP contribution in [0.15, 0.2) is 0 Å². The SMILES string of the molecule is CNC(=O)C1CCCN(C2CCCCC2N)C1. The van der Waals surface area contributed by atoms with Crippen LogP contribution in [0.3, 0.4) is 0 Å². The minimum atomic E-state index is 0.169. The van der Waals surface area contributed by atoms with Gasteiger partial charge in [-0.2, -0.15) is 0 Å². The summed E-state index contributed by atoms with van der Waals surface area (Å²) < 4.78 is 0. The summed E-state index contributed by atoms with van der Waals surface area (Å²) >= 11 is 0. The maximum atomic E-state index is 11.7. The van der Waals surface area contributed by atoms with Crippen LogP contribution in [0.5, 0.6) is 0 Å². The summed E-state index contributed by atoms with van der Waals surface area (Å²) in [6.45, 7) is 2.02. The molecule has 2 rings (SSSR count). The number of hydrogen-bond acceptors (Lipinski definition) is 3. The first kappa shape index (κ1) is 12.8. The zero-order valence-corrected chi connectivity index (χ0v) is 10.8. The fraction of sp³-hybridized carbons (Fsp3) is 0.923. The molecule has 1 aliphatic heterocycles. The third-order valence-corrected chi connectivity index (χ3v) is 4.32. The van der Waals surface area contributed by atoms with E-state index in [1.54, 1.807) is 7.05 Å². The third kappa shape index (κ3) is 2.99. The second-order valence-corrected chi connectivity index (χ2v) is 5.46. The number of nitrogens with two attached hydrogens (primary N) is 1. The van der Waals surface area contributed by atoms with Crippen LogP contribution in [0.2, 0.25) is 0 Å². The average Bonchev–Trinajstić information content (AvgIpc) is 2.38. The molecule has 4 nitrogen and oxygen atoms in total. The molecule has 0 aromatic rings. The van der Waals surface area contributed by atoms with Crippen molar-refractivity contribution in [2.75, 3.05) is 20.1 Å². The van der Waals surface area contributed by atoms with Gasteiger partial charge in [-0.05, 0) is 32.2 Å². The second-order valence-electron chi connectivity index (χ2n) is 5.46. The number of carbonyl (C=O) groups is 1. The van der Waals surface area contributed by atoms with Crippen LogP contribution < -0.4 is 11.1 Å². The molecule has 1 amide bonds. The minimum Gasteiger partial charge on any atom is -0.359 e. The van der Waals surface area contributed by atoms with Gasteiger partial charge in [0.1, 0.15) is 0 Å². The van der Waals surface area contributed by atoms with E-state index in [4.69, 9.17) is 5.73 Å². The molecule has 1 saturated carbocycles. The molecule has 1 saturated heterocycles. The average molecular weight is 239 g/mol. The number of piperidine rings is 1. The van der Waals surface area contributed by atoms with Crippen molar-refractivity contribution in [1.82, 2.24) is 10.2 Å². The van der Waals surface area contributed by atoms with Crippen LogP contribution in [-0.2, 0) is 4.79 Å². The van der Waals surface area contributed by atoms with E-state index in [-0.39, 0.29) is 11.8 Å². The van der Waals surface area contributed by atoms with Gasteiger partial charge in [0, 0.05) is 25.7 Å². The number of carbonyl (C=O) groups excluding carboxylic acids is 1. The van der Waals surface area contributed by atoms with Crippen LogP contribution in [0.25, 0.3) is 0 Å². The van der Waals surface area contributed by atoms with E-state index in [0.717, 1.165) is 32.4 Å². The molecule has 0 aromatic heterocycles. The largest absolute Gasteiger partial charge is 0.359 e. The smallest absolute Gasteiger partial charge is 0.224 e. The minimum absolute atomic E-state index is 0.169. The first-order valence-corrected chi connectivity index (χ1v) is 6.93. The van der Waals surface area contributed by atoms with E-state index in [2.05, 4.69) is 10.2 Å². The van der Waals surface area contributed by atoms with Crippen LogP contribution in [0.4, 0.5) is 0 Å². The second kappa shape index (κ2) is 5.83. The lowest BCUT2D eigenvalue weighted by Crippen LogP contribution is -2.54. The van der Waals surface area contributed by atoms with Crippen LogP contribution in [0, 0.1) is 5.92 Å². The van der Waals surface area contributed by atoms with Crippen LogP contribution in [-0.4, -0.2) is 43.0 Å². The number of amides is 1. The quantitative estimate of drug-likeness (QED) is 0.746. The highest BCUT2D eigenvalue weighted by Gasteiger charge is 2.33. The Kier molecular flexibility index (Phi) is 4.40. The molecular formula is C13H25N3O. The van der Waals surface area contributed by atoms with Crippen molar-refractivity contribution in [2.45, 2.75) is 50.6 Å². The van der Waals surface area contributed by atoms with Crippen molar-refractivity contribution in [3.8, 4) is 0 Å². The molecule has 0 spiro atoms. The predicted molar refractivity (Wildman–Crippen MR) is 68.6 cm³/mol. The van der Waals surface area contributed by atoms with E-state index < -0.39 is 0 Å². The standard InChI is InChI=1S/C13H25N3O/c1-15-13(17)10-5-4-8-16(9-10)12-7-3-2-6-11(12)14/h10-12H,2-9,14H2,1H3,(H,15,17). The Morgan fingerprint density at radius 3 is 2.71 bits per heavy atom. The lowest BCUT2D eigenvalue weighted by atomic mass is 9.87. The highest BCUT2D eigenvalue weighted by atomic mass is 16.1. The maximum Gasteiger partial charge on any atom is 0.224 e. The fourth-order valence-corrected chi connectivity index (χ4v) is 3.32. The number of nitrogens with one attached hydrogen (secondary N) is 1. The summed E-state index contributed by atoms with van der Waals surface area (Å²) in [5.74, 6) is 0.363. The van der Waals surface area contributed by atoms with Crippen LogP contribution >= 0.6 is 0 Å². The molecule has 98 valence electrons. The molecule has 3 N–H and O–H groups in total. The normalized spacial score (nSPS) is 35.5. The van der Waals surface area contributed by atoms with E-state index in [9.17, 15) is 4.79 Å². The van der Waals surface area contributed by atoms with E-state index in [1.165, 1.54) is 19.3 Å². The summed E-state index contributed by atoms with van der Waals surface area (Å²) in [4.78, 5) is 14.2. The Morgan fingerprint density at radius 2 is 2.00 bits per heavy atom. The van der Waals surface area contributed by atoms with Gasteiger partial charge in [0.25, 0.3) is 0 Å². The molecule has 2 aliphatic rings. The lowest BCUT2D eigenvalue weighted by molar-refractivity contribution is -0.126. The Labute approximate surface area is 104 Å². The highest BCUT2D eigenvalue weighted by molar-refractivity contribution is 5.78. The van der Waals surface area contributed by atoms with Gasteiger partial charge < -0.3 is 11.1 Å². The van der Waals surface area contributed by atoms with Gasteiger partial charge in [-0.1, -0.05) is 12.8 Å². The number of hydrogen-bond donors (Lipinski definition) is 2. The summed E-state index contributed by atoms with van der Waals surface area (Å²) in [7, 11) is 1.73. The molecule has 3 atom stereocenters. The molecule has 0 radical (unpaired) electrons. The molecule has 1 aliphatic carbocycles. The first-order chi connectivity index (χ1) is 8.22. The number of rotatable bonds is 2. The molecule has 1 heterocycles. The molecule has 17 heavy (non-hydrogen) atoms. The summed E-state index contributed by atoms with van der Waals surface area (Å²) in [5.41, 5.74) is 6.22. The number of likely N-dealkylation sites (tertiary alicyclic amines) is 1. The van der Waals surface area contributed by atoms with Gasteiger partial charge in [-0.25, -0.2) is 0 Å². The lowest BCUT2D eigenvalue weighted by Gasteiger charge is -2.42. The monoisotopic (exact) mass is 239 g/mol. The number of nitrogens with zero attached hydrogens (tertiary/aromatic N) is 1. The third-order valence-electron chi connectivity index (χ3n) is 4.32. The Morgan fingerprint density at radius 1 is 1.24 bits per heavy atom. The van der Waals surface area contributed by atoms with E-state index in [1.807, 2.05) is 0 Å². The zero-order valence-electron chi connectivity index (χ0n) is 10.8. The summed E-state index contributed by atoms with van der Waals surface area (Å²) in [6.07, 6.45) is 7.07. The Balaban J connectivity index is 1.94. The molecule has 2 fully saturated rings. The van der Waals surface area contributed by atoms with Gasteiger partial charge in [-0.15, -0.1) is 0 Å². The van der Waals surface area contributed by atoms with Gasteiger partial charge in [-0.3, -0.25) is 9.69 Å². The first-order valence-electron chi connectivity index (χ1n) is 6.93. The molecular weight excluding hydrogens is 214 g/mol. The molecule has 3 unspecified atom stereocenters. The van der Waals surface area contributed by atoms with Crippen molar-refractivity contribution in [3.05, 3.63) is 0 Å². The molecule has 0 bridgehead atoms. The summed E-state index contributed by atoms with van der Waals surface area (Å²) in [6, 6.07) is 0.823. The summed E-state index contributed by atoms with van der Waals surface area (Å²) in [5, 5.41) is 2.77. The van der Waals surface area contributed by atoms with Gasteiger partial charge in [0.05, 0.1) is 5.92 Å². The Bertz CT molecular complexity index is 269. The van der Waals surface area contributed by atoms with Crippen molar-refractivity contribution in [2.24, 2.45) is 11.7 Å². The van der Waals surface area contributed by atoms with Crippen LogP contribution in [0.1, 0.15) is 38.5 Å². The van der Waals surface area contributed by atoms with E-state index >= 15 is 0 Å². The zero-order chi connectivity index (χ0) is 12.3. The van der Waals surface area contributed by atoms with Crippen molar-refractivity contribution in [3.63, 3.8) is 0 Å². The van der Waals surface area contributed by atoms with Crippen molar-refractivity contribution >= 4 is 5.91 Å². The van der Waals surface area contributed by atoms with E-state index in [0.29, 0.717) is 12.1 Å². The van der Waals surface area contributed by atoms with Gasteiger partial charge in [0.2, 0.25) is 5.91 Å². The highest BCUT2D eigenvalue weighted by Crippen LogP contribution is 2.26. The van der Waals surface area contributed by atoms with Crippen molar-refractivity contribution < 1.29 is 4.79 Å². The Hall–Kier alpha value is -0.610. The van der Waals surface area contributed by atoms with Gasteiger partial charge >= 0.3 is 0 Å². The molecule has 0 aromatic carbocycles. The molecule has 4 heteroatoms. The fourth-order valence-electron chi connectivity index (χ4n) is 3.32. The topological polar surface area (TPSA) is 58.4 Å². The maximum absolute atomic E-state index is 11.7.